The Balaban J connectivity index is 0.00000341. The molecule has 0 aliphatic carbocycles. The first-order chi connectivity index (χ1) is 14.6. The van der Waals surface area contributed by atoms with Crippen LogP contribution >= 0.6 is 24.0 Å². The number of guanidine groups is 1. The zero-order chi connectivity index (χ0) is 21.2. The number of fused-ring (bicyclic) bond motifs is 1. The number of ether oxygens (including phenoxy) is 2. The molecule has 7 nitrogen and oxygen atoms in total. The quantitative estimate of drug-likeness (QED) is 0.322. The van der Waals surface area contributed by atoms with Gasteiger partial charge in [0.2, 0.25) is 5.91 Å². The molecule has 8 heteroatoms. The zero-order valence-electron chi connectivity index (χ0n) is 18.1. The van der Waals surface area contributed by atoms with Gasteiger partial charge in [0.1, 0.15) is 0 Å². The van der Waals surface area contributed by atoms with Crippen molar-refractivity contribution in [3.63, 3.8) is 0 Å². The maximum Gasteiger partial charge on any atom is 0.241 e. The smallest absolute Gasteiger partial charge is 0.241 e. The van der Waals surface area contributed by atoms with Crippen LogP contribution in [-0.4, -0.2) is 57.2 Å². The van der Waals surface area contributed by atoms with Crippen LogP contribution in [0, 0.1) is 0 Å². The highest BCUT2D eigenvalue weighted by molar-refractivity contribution is 14.0. The molecule has 0 fully saturated rings. The van der Waals surface area contributed by atoms with Crippen molar-refractivity contribution in [2.24, 2.45) is 4.99 Å². The van der Waals surface area contributed by atoms with Gasteiger partial charge in [0.15, 0.2) is 17.5 Å². The van der Waals surface area contributed by atoms with E-state index in [2.05, 4.69) is 27.8 Å². The molecule has 2 aromatic carbocycles. The summed E-state index contributed by atoms with van der Waals surface area (Å²) in [6.45, 7) is 2.59. The summed E-state index contributed by atoms with van der Waals surface area (Å²) in [6, 6.07) is 16.1. The van der Waals surface area contributed by atoms with Gasteiger partial charge in [-0.2, -0.15) is 0 Å². The largest absolute Gasteiger partial charge is 0.490 e. The molecule has 0 atom stereocenters. The lowest BCUT2D eigenvalue weighted by Crippen LogP contribution is -2.43. The van der Waals surface area contributed by atoms with Crippen LogP contribution in [-0.2, 0) is 17.8 Å². The lowest BCUT2D eigenvalue weighted by Gasteiger charge is -2.16. The first kappa shape index (κ1) is 24.8. The van der Waals surface area contributed by atoms with Gasteiger partial charge in [-0.25, -0.2) is 4.99 Å². The number of para-hydroxylation sites is 1. The van der Waals surface area contributed by atoms with Gasteiger partial charge in [-0.3, -0.25) is 4.79 Å². The number of benzene rings is 2. The monoisotopic (exact) mass is 538 g/mol. The fraction of sp³-hybridized carbons (Fsp3) is 0.391. The number of rotatable bonds is 7. The number of likely N-dealkylation sites (N-methyl/N-ethyl adjacent to an activating group) is 1. The molecule has 0 saturated carbocycles. The van der Waals surface area contributed by atoms with E-state index in [0.717, 1.165) is 29.9 Å². The minimum Gasteiger partial charge on any atom is -0.490 e. The lowest BCUT2D eigenvalue weighted by atomic mass is 10.1. The third-order valence-corrected chi connectivity index (χ3v) is 4.72. The number of aliphatic imine (C=N–C) groups is 1. The molecular formula is C23H31IN4O3. The molecule has 0 unspecified atom stereocenters. The highest BCUT2D eigenvalue weighted by Gasteiger charge is 2.14. The first-order valence-corrected chi connectivity index (χ1v) is 10.3. The maximum atomic E-state index is 12.0. The number of carbonyl (C=O) groups is 1. The molecule has 2 aromatic rings. The number of hydrogen-bond donors (Lipinski definition) is 2. The fourth-order valence-electron chi connectivity index (χ4n) is 3.00. The van der Waals surface area contributed by atoms with E-state index in [-0.39, 0.29) is 36.4 Å². The average molecular weight is 538 g/mol. The molecule has 168 valence electrons. The number of nitrogens with zero attached hydrogens (tertiary/aromatic N) is 2. The highest BCUT2D eigenvalue weighted by Crippen LogP contribution is 2.33. The zero-order valence-corrected chi connectivity index (χ0v) is 20.4. The third-order valence-electron chi connectivity index (χ3n) is 4.72. The van der Waals surface area contributed by atoms with Crippen LogP contribution in [0.4, 0.5) is 0 Å². The highest BCUT2D eigenvalue weighted by atomic mass is 127. The summed E-state index contributed by atoms with van der Waals surface area (Å²) in [4.78, 5) is 18.2. The predicted octanol–water partition coefficient (Wildman–Crippen LogP) is 2.83. The van der Waals surface area contributed by atoms with Crippen LogP contribution in [0.5, 0.6) is 11.5 Å². The van der Waals surface area contributed by atoms with Gasteiger partial charge in [-0.05, 0) is 18.1 Å². The number of halogens is 1. The van der Waals surface area contributed by atoms with E-state index in [9.17, 15) is 4.79 Å². The van der Waals surface area contributed by atoms with E-state index < -0.39 is 0 Å². The molecule has 0 saturated heterocycles. The number of carbonyl (C=O) groups excluding carboxylic acids is 1. The number of hydrogen-bond acceptors (Lipinski definition) is 4. The maximum absolute atomic E-state index is 12.0. The average Bonchev–Trinajstić information content (AvgIpc) is 3.01. The molecule has 31 heavy (non-hydrogen) atoms. The normalized spacial score (nSPS) is 12.9. The van der Waals surface area contributed by atoms with Crippen molar-refractivity contribution in [2.75, 3.05) is 40.4 Å². The number of nitrogens with one attached hydrogen (secondary N) is 2. The molecule has 0 radical (unpaired) electrons. The van der Waals surface area contributed by atoms with Crippen molar-refractivity contribution in [3.05, 3.63) is 59.7 Å². The van der Waals surface area contributed by atoms with Gasteiger partial charge in [0.05, 0.1) is 26.3 Å². The Morgan fingerprint density at radius 1 is 1.03 bits per heavy atom. The summed E-state index contributed by atoms with van der Waals surface area (Å²) in [5, 5.41) is 6.45. The molecule has 1 aliphatic heterocycles. The number of amides is 1. The van der Waals surface area contributed by atoms with Gasteiger partial charge in [-0.15, -0.1) is 24.0 Å². The van der Waals surface area contributed by atoms with Crippen molar-refractivity contribution in [2.45, 2.75) is 19.4 Å². The Morgan fingerprint density at radius 2 is 1.81 bits per heavy atom. The molecule has 3 rings (SSSR count). The Hall–Kier alpha value is -2.49. The Bertz CT molecular complexity index is 859. The van der Waals surface area contributed by atoms with Crippen molar-refractivity contribution in [3.8, 4) is 11.5 Å². The van der Waals surface area contributed by atoms with Crippen molar-refractivity contribution in [1.29, 1.82) is 0 Å². The summed E-state index contributed by atoms with van der Waals surface area (Å²) in [5.74, 6) is 2.09. The van der Waals surface area contributed by atoms with Gasteiger partial charge < -0.3 is 25.0 Å². The van der Waals surface area contributed by atoms with E-state index >= 15 is 0 Å². The van der Waals surface area contributed by atoms with E-state index in [1.807, 2.05) is 36.4 Å². The minimum atomic E-state index is -0.0159. The topological polar surface area (TPSA) is 75.2 Å². The second-order valence-corrected chi connectivity index (χ2v) is 7.26. The summed E-state index contributed by atoms with van der Waals surface area (Å²) in [7, 11) is 3.47. The third kappa shape index (κ3) is 7.93. The molecular weight excluding hydrogens is 507 g/mol. The summed E-state index contributed by atoms with van der Waals surface area (Å²) >= 11 is 0. The van der Waals surface area contributed by atoms with Gasteiger partial charge >= 0.3 is 0 Å². The van der Waals surface area contributed by atoms with E-state index in [4.69, 9.17) is 9.47 Å². The first-order valence-electron chi connectivity index (χ1n) is 10.3. The standard InChI is InChI=1S/C23H30N4O3.HI/c1-27(2)21(28)17-26-23(24-13-12-18-8-4-3-5-9-18)25-16-19-10-6-11-20-22(19)30-15-7-14-29-20;/h3-6,8-11H,7,12-17H2,1-2H3,(H2,24,25,26);1H. The SMILES string of the molecule is CN(C)C(=O)CNC(=NCc1cccc2c1OCCCO2)NCCc1ccccc1.I. The van der Waals surface area contributed by atoms with Crippen molar-refractivity contribution >= 4 is 35.8 Å². The van der Waals surface area contributed by atoms with Crippen LogP contribution < -0.4 is 20.1 Å². The van der Waals surface area contributed by atoms with E-state index in [1.54, 1.807) is 19.0 Å². The molecule has 0 spiro atoms. The molecule has 1 amide bonds. The van der Waals surface area contributed by atoms with Crippen LogP contribution in [0.15, 0.2) is 53.5 Å². The lowest BCUT2D eigenvalue weighted by molar-refractivity contribution is -0.127. The van der Waals surface area contributed by atoms with Gasteiger partial charge in [-0.1, -0.05) is 42.5 Å². The van der Waals surface area contributed by atoms with Crippen LogP contribution in [0.1, 0.15) is 17.5 Å². The fourth-order valence-corrected chi connectivity index (χ4v) is 3.00. The minimum absolute atomic E-state index is 0. The molecule has 0 bridgehead atoms. The van der Waals surface area contributed by atoms with Crippen LogP contribution in [0.3, 0.4) is 0 Å². The van der Waals surface area contributed by atoms with Gasteiger partial charge in [0, 0.05) is 32.6 Å². The van der Waals surface area contributed by atoms with Gasteiger partial charge in [0.25, 0.3) is 0 Å². The second kappa shape index (κ2) is 13.0. The molecule has 0 aromatic heterocycles. The Labute approximate surface area is 201 Å². The summed E-state index contributed by atoms with van der Waals surface area (Å²) < 4.78 is 11.6. The van der Waals surface area contributed by atoms with Crippen LogP contribution in [0.2, 0.25) is 0 Å². The molecule has 2 N–H and O–H groups in total. The van der Waals surface area contributed by atoms with Crippen LogP contribution in [0.25, 0.3) is 0 Å². The molecule has 1 heterocycles. The summed E-state index contributed by atoms with van der Waals surface area (Å²) in [6.07, 6.45) is 1.72. The Morgan fingerprint density at radius 3 is 2.58 bits per heavy atom. The van der Waals surface area contributed by atoms with Crippen molar-refractivity contribution in [1.82, 2.24) is 15.5 Å². The van der Waals surface area contributed by atoms with E-state index in [0.29, 0.717) is 32.3 Å². The second-order valence-electron chi connectivity index (χ2n) is 7.26. The summed E-state index contributed by atoms with van der Waals surface area (Å²) in [5.41, 5.74) is 2.20. The Kier molecular flexibility index (Phi) is 10.4. The molecule has 1 aliphatic rings. The predicted molar refractivity (Wildman–Crippen MR) is 133 cm³/mol. The van der Waals surface area contributed by atoms with Crippen molar-refractivity contribution < 1.29 is 14.3 Å². The van der Waals surface area contributed by atoms with E-state index in [1.165, 1.54) is 5.56 Å².